The second-order valence-electron chi connectivity index (χ2n) is 7.78. The number of unbranched alkanes of at least 4 members (excludes halogenated alkanes) is 3. The van der Waals surface area contributed by atoms with Crippen LogP contribution in [0.2, 0.25) is 0 Å². The molecule has 0 spiro atoms. The van der Waals surface area contributed by atoms with Crippen LogP contribution in [0.25, 0.3) is 11.1 Å². The Labute approximate surface area is 164 Å². The van der Waals surface area contributed by atoms with E-state index in [1.54, 1.807) is 0 Å². The predicted molar refractivity (Wildman–Crippen MR) is 113 cm³/mol. The highest BCUT2D eigenvalue weighted by atomic mass is 16.7. The van der Waals surface area contributed by atoms with E-state index in [9.17, 15) is 0 Å². The summed E-state index contributed by atoms with van der Waals surface area (Å²) in [7, 11) is 0. The van der Waals surface area contributed by atoms with Gasteiger partial charge in [-0.15, -0.1) is 0 Å². The van der Waals surface area contributed by atoms with Gasteiger partial charge in [0.2, 0.25) is 0 Å². The average molecular weight is 367 g/mol. The van der Waals surface area contributed by atoms with Crippen molar-refractivity contribution in [2.45, 2.75) is 65.1 Å². The second-order valence-corrected chi connectivity index (χ2v) is 7.78. The molecule has 0 saturated carbocycles. The molecule has 0 amide bonds. The third-order valence-corrected chi connectivity index (χ3v) is 5.47. The first-order valence-electron chi connectivity index (χ1n) is 10.7. The first kappa shape index (κ1) is 20.1. The fraction of sp³-hybridized carbons (Fsp3) is 0.520. The largest absolute Gasteiger partial charge is 0.348 e. The average Bonchev–Trinajstić information content (AvgIpc) is 2.73. The molecule has 0 unspecified atom stereocenters. The molecule has 146 valence electrons. The zero-order chi connectivity index (χ0) is 18.9. The molecule has 27 heavy (non-hydrogen) atoms. The van der Waals surface area contributed by atoms with E-state index in [1.807, 2.05) is 0 Å². The first-order chi connectivity index (χ1) is 13.3. The van der Waals surface area contributed by atoms with Gasteiger partial charge in [0.05, 0.1) is 13.2 Å². The third-order valence-electron chi connectivity index (χ3n) is 5.47. The van der Waals surface area contributed by atoms with Crippen LogP contribution in [0, 0.1) is 5.92 Å². The van der Waals surface area contributed by atoms with Gasteiger partial charge in [0.25, 0.3) is 0 Å². The van der Waals surface area contributed by atoms with Crippen molar-refractivity contribution in [3.05, 3.63) is 59.7 Å². The van der Waals surface area contributed by atoms with Crippen LogP contribution in [0.4, 0.5) is 0 Å². The molecule has 0 aromatic heterocycles. The molecule has 1 aliphatic heterocycles. The number of hydrogen-bond donors (Lipinski definition) is 0. The van der Waals surface area contributed by atoms with E-state index < -0.39 is 0 Å². The zero-order valence-electron chi connectivity index (χ0n) is 17.0. The van der Waals surface area contributed by atoms with Crippen molar-refractivity contribution in [2.75, 3.05) is 13.2 Å². The number of ether oxygens (including phenoxy) is 2. The molecule has 2 aromatic carbocycles. The molecule has 1 saturated heterocycles. The monoisotopic (exact) mass is 366 g/mol. The molecule has 0 radical (unpaired) electrons. The van der Waals surface area contributed by atoms with E-state index in [4.69, 9.17) is 9.47 Å². The summed E-state index contributed by atoms with van der Waals surface area (Å²) in [6.45, 7) is 6.10. The lowest BCUT2D eigenvalue weighted by atomic mass is 10.00. The van der Waals surface area contributed by atoms with Gasteiger partial charge in [-0.3, -0.25) is 0 Å². The van der Waals surface area contributed by atoms with E-state index in [2.05, 4.69) is 62.4 Å². The lowest BCUT2D eigenvalue weighted by Crippen LogP contribution is -2.27. The minimum atomic E-state index is -0.210. The van der Waals surface area contributed by atoms with E-state index in [0.29, 0.717) is 5.92 Å². The standard InChI is InChI=1S/C25H34O2/c1-3-5-7-9-20-10-12-22(13-11-20)23-14-16-24(17-15-23)25-26-18-21(19-27-25)8-6-4-2/h10-17,21,25H,3-9,18-19H2,1-2H3. The Balaban J connectivity index is 1.54. The van der Waals surface area contributed by atoms with E-state index in [1.165, 1.54) is 61.6 Å². The predicted octanol–water partition coefficient (Wildman–Crippen LogP) is 6.94. The molecule has 0 bridgehead atoms. The van der Waals surface area contributed by atoms with Gasteiger partial charge in [-0.25, -0.2) is 0 Å². The molecule has 2 heteroatoms. The molecule has 0 aliphatic carbocycles. The Kier molecular flexibility index (Phi) is 7.92. The van der Waals surface area contributed by atoms with Gasteiger partial charge in [-0.05, 0) is 36.0 Å². The van der Waals surface area contributed by atoms with Crippen molar-refractivity contribution in [1.29, 1.82) is 0 Å². The summed E-state index contributed by atoms with van der Waals surface area (Å²) in [5.41, 5.74) is 5.07. The molecule has 2 aromatic rings. The summed E-state index contributed by atoms with van der Waals surface area (Å²) in [6.07, 6.45) is 8.55. The number of benzene rings is 2. The van der Waals surface area contributed by atoms with Crippen molar-refractivity contribution in [1.82, 2.24) is 0 Å². The Bertz CT molecular complexity index is 652. The van der Waals surface area contributed by atoms with Crippen LogP contribution in [-0.2, 0) is 15.9 Å². The van der Waals surface area contributed by atoms with Crippen LogP contribution in [-0.4, -0.2) is 13.2 Å². The van der Waals surface area contributed by atoms with Crippen LogP contribution in [0.3, 0.4) is 0 Å². The molecule has 1 aliphatic rings. The van der Waals surface area contributed by atoms with E-state index >= 15 is 0 Å². The molecule has 0 atom stereocenters. The second kappa shape index (κ2) is 10.6. The van der Waals surface area contributed by atoms with Crippen LogP contribution >= 0.6 is 0 Å². The Morgan fingerprint density at radius 3 is 1.93 bits per heavy atom. The maximum atomic E-state index is 5.96. The Morgan fingerprint density at radius 1 is 0.741 bits per heavy atom. The third kappa shape index (κ3) is 5.92. The summed E-state index contributed by atoms with van der Waals surface area (Å²) < 4.78 is 11.9. The van der Waals surface area contributed by atoms with Crippen LogP contribution in [0.5, 0.6) is 0 Å². The van der Waals surface area contributed by atoms with Gasteiger partial charge in [-0.2, -0.15) is 0 Å². The highest BCUT2D eigenvalue weighted by Crippen LogP contribution is 2.29. The SMILES string of the molecule is CCCCCc1ccc(-c2ccc(C3OCC(CCCC)CO3)cc2)cc1. The topological polar surface area (TPSA) is 18.5 Å². The summed E-state index contributed by atoms with van der Waals surface area (Å²) >= 11 is 0. The fourth-order valence-electron chi connectivity index (χ4n) is 3.67. The molecule has 2 nitrogen and oxygen atoms in total. The lowest BCUT2D eigenvalue weighted by molar-refractivity contribution is -0.206. The molecule has 3 rings (SSSR count). The van der Waals surface area contributed by atoms with Crippen LogP contribution < -0.4 is 0 Å². The van der Waals surface area contributed by atoms with Crippen molar-refractivity contribution < 1.29 is 9.47 Å². The van der Waals surface area contributed by atoms with Gasteiger partial charge < -0.3 is 9.47 Å². The molecule has 0 N–H and O–H groups in total. The normalized spacial score (nSPS) is 19.9. The maximum absolute atomic E-state index is 5.96. The first-order valence-corrected chi connectivity index (χ1v) is 10.7. The van der Waals surface area contributed by atoms with Crippen LogP contribution in [0.15, 0.2) is 48.5 Å². The number of rotatable bonds is 9. The maximum Gasteiger partial charge on any atom is 0.183 e. The molecular weight excluding hydrogens is 332 g/mol. The van der Waals surface area contributed by atoms with Gasteiger partial charge in [0, 0.05) is 11.5 Å². The van der Waals surface area contributed by atoms with Crippen molar-refractivity contribution >= 4 is 0 Å². The molecule has 1 heterocycles. The number of aryl methyl sites for hydroxylation is 1. The quantitative estimate of drug-likeness (QED) is 0.448. The minimum Gasteiger partial charge on any atom is -0.348 e. The van der Waals surface area contributed by atoms with Crippen molar-refractivity contribution in [2.24, 2.45) is 5.92 Å². The fourth-order valence-corrected chi connectivity index (χ4v) is 3.67. The number of hydrogen-bond acceptors (Lipinski definition) is 2. The Morgan fingerprint density at radius 2 is 1.33 bits per heavy atom. The van der Waals surface area contributed by atoms with Gasteiger partial charge in [0.1, 0.15) is 0 Å². The molecular formula is C25H34O2. The smallest absolute Gasteiger partial charge is 0.183 e. The Hall–Kier alpha value is -1.64. The van der Waals surface area contributed by atoms with Gasteiger partial charge in [-0.1, -0.05) is 88.1 Å². The van der Waals surface area contributed by atoms with Crippen molar-refractivity contribution in [3.63, 3.8) is 0 Å². The zero-order valence-corrected chi connectivity index (χ0v) is 17.0. The summed E-state index contributed by atoms with van der Waals surface area (Å²) in [5.74, 6) is 0.552. The van der Waals surface area contributed by atoms with E-state index in [-0.39, 0.29) is 6.29 Å². The van der Waals surface area contributed by atoms with Crippen molar-refractivity contribution in [3.8, 4) is 11.1 Å². The lowest BCUT2D eigenvalue weighted by Gasteiger charge is -2.29. The summed E-state index contributed by atoms with van der Waals surface area (Å²) in [4.78, 5) is 0. The highest BCUT2D eigenvalue weighted by Gasteiger charge is 2.23. The van der Waals surface area contributed by atoms with Gasteiger partial charge in [0.15, 0.2) is 6.29 Å². The highest BCUT2D eigenvalue weighted by molar-refractivity contribution is 5.64. The van der Waals surface area contributed by atoms with E-state index in [0.717, 1.165) is 18.8 Å². The summed E-state index contributed by atoms with van der Waals surface area (Å²) in [5, 5.41) is 0. The van der Waals surface area contributed by atoms with Crippen LogP contribution in [0.1, 0.15) is 69.8 Å². The molecule has 1 fully saturated rings. The van der Waals surface area contributed by atoms with Gasteiger partial charge >= 0.3 is 0 Å². The summed E-state index contributed by atoms with van der Waals surface area (Å²) in [6, 6.07) is 17.6. The minimum absolute atomic E-state index is 0.210.